The van der Waals surface area contributed by atoms with Crippen molar-refractivity contribution in [3.05, 3.63) is 55.7 Å². The van der Waals surface area contributed by atoms with Crippen molar-refractivity contribution < 1.29 is 4.79 Å². The summed E-state index contributed by atoms with van der Waals surface area (Å²) in [4.78, 5) is 48.7. The zero-order valence-electron chi connectivity index (χ0n) is 12.9. The van der Waals surface area contributed by atoms with Gasteiger partial charge in [0.15, 0.2) is 16.3 Å². The second-order valence-electron chi connectivity index (χ2n) is 5.06. The van der Waals surface area contributed by atoms with Gasteiger partial charge in [0.25, 0.3) is 11.1 Å². The van der Waals surface area contributed by atoms with Gasteiger partial charge in [0.05, 0.1) is 5.75 Å². The van der Waals surface area contributed by atoms with Gasteiger partial charge >= 0.3 is 0 Å². The van der Waals surface area contributed by atoms with Gasteiger partial charge in [-0.1, -0.05) is 23.4 Å². The topological polar surface area (TPSA) is 121 Å². The van der Waals surface area contributed by atoms with E-state index in [1.807, 2.05) is 0 Å². The Labute approximate surface area is 150 Å². The summed E-state index contributed by atoms with van der Waals surface area (Å²) in [5, 5.41) is 3.48. The van der Waals surface area contributed by atoms with Crippen LogP contribution in [0.2, 0.25) is 5.02 Å². The maximum Gasteiger partial charge on any atom is 0.279 e. The van der Waals surface area contributed by atoms with Crippen molar-refractivity contribution in [2.45, 2.75) is 12.1 Å². The van der Waals surface area contributed by atoms with Crippen LogP contribution in [0.15, 0.2) is 39.0 Å². The Morgan fingerprint density at radius 1 is 1.16 bits per heavy atom. The van der Waals surface area contributed by atoms with E-state index in [1.54, 1.807) is 24.3 Å². The van der Waals surface area contributed by atoms with Crippen LogP contribution < -0.4 is 16.4 Å². The van der Waals surface area contributed by atoms with Crippen molar-refractivity contribution in [1.82, 2.24) is 19.9 Å². The Morgan fingerprint density at radius 2 is 1.88 bits per heavy atom. The number of benzene rings is 1. The Bertz CT molecular complexity index is 1060. The first-order valence-electron chi connectivity index (χ1n) is 7.11. The fraction of sp³-hybridized carbons (Fsp3) is 0.133. The normalized spacial score (nSPS) is 10.8. The van der Waals surface area contributed by atoms with Gasteiger partial charge in [-0.05, 0) is 31.2 Å². The molecule has 0 fully saturated rings. The molecule has 3 N–H and O–H groups in total. The zero-order valence-corrected chi connectivity index (χ0v) is 14.5. The molecular formula is C15H12ClN5O3S. The van der Waals surface area contributed by atoms with E-state index in [1.165, 1.54) is 6.92 Å². The number of H-pyrrole nitrogens is 2. The van der Waals surface area contributed by atoms with Crippen LogP contribution in [-0.4, -0.2) is 31.6 Å². The minimum Gasteiger partial charge on any atom is -0.325 e. The average Bonchev–Trinajstić information content (AvgIpc) is 2.57. The van der Waals surface area contributed by atoms with E-state index in [4.69, 9.17) is 11.6 Å². The van der Waals surface area contributed by atoms with Crippen molar-refractivity contribution in [3.8, 4) is 0 Å². The molecule has 2 heterocycles. The van der Waals surface area contributed by atoms with E-state index in [0.717, 1.165) is 11.8 Å². The maximum absolute atomic E-state index is 12.0. The smallest absolute Gasteiger partial charge is 0.279 e. The summed E-state index contributed by atoms with van der Waals surface area (Å²) in [5.41, 5.74) is 0.0283. The van der Waals surface area contributed by atoms with Gasteiger partial charge in [0.1, 0.15) is 5.69 Å². The molecule has 0 saturated carbocycles. The van der Waals surface area contributed by atoms with Gasteiger partial charge in [-0.25, -0.2) is 9.97 Å². The molecule has 128 valence electrons. The molecule has 2 aromatic heterocycles. The molecule has 1 aromatic carbocycles. The molecule has 0 saturated heterocycles. The van der Waals surface area contributed by atoms with Gasteiger partial charge in [0.2, 0.25) is 5.91 Å². The molecule has 1 amide bonds. The lowest BCUT2D eigenvalue weighted by atomic mass is 10.3. The molecule has 0 bridgehead atoms. The Balaban J connectivity index is 1.73. The monoisotopic (exact) mass is 377 g/mol. The molecule has 0 aliphatic carbocycles. The first kappa shape index (κ1) is 17.2. The van der Waals surface area contributed by atoms with Crippen molar-refractivity contribution in [3.63, 3.8) is 0 Å². The first-order valence-corrected chi connectivity index (χ1v) is 8.48. The summed E-state index contributed by atoms with van der Waals surface area (Å²) in [7, 11) is 0. The standard InChI is InChI=1S/C15H12ClN5O3S/c1-7-13(23)19-12-11(17-7)14(24)21-15(20-12)25-6-10(22)18-9-4-2-8(16)3-5-9/h2-5H,6H2,1H3,(H,18,22)(H2,19,20,21,23,24). The number of aryl methyl sites for hydroxylation is 1. The summed E-state index contributed by atoms with van der Waals surface area (Å²) in [6, 6.07) is 6.69. The number of thioether (sulfide) groups is 1. The quantitative estimate of drug-likeness (QED) is 0.470. The molecular weight excluding hydrogens is 366 g/mol. The van der Waals surface area contributed by atoms with E-state index < -0.39 is 11.1 Å². The summed E-state index contributed by atoms with van der Waals surface area (Å²) < 4.78 is 0. The number of hydrogen-bond acceptors (Lipinski definition) is 6. The fourth-order valence-electron chi connectivity index (χ4n) is 1.99. The van der Waals surface area contributed by atoms with Crippen LogP contribution in [-0.2, 0) is 4.79 Å². The van der Waals surface area contributed by atoms with Gasteiger partial charge in [-0.2, -0.15) is 0 Å². The SMILES string of the molecule is Cc1nc2c(=O)[nH]c(SCC(=O)Nc3ccc(Cl)cc3)nc2[nH]c1=O. The number of nitrogens with one attached hydrogen (secondary N) is 3. The molecule has 0 unspecified atom stereocenters. The first-order chi connectivity index (χ1) is 11.9. The molecule has 3 aromatic rings. The Kier molecular flexibility index (Phi) is 4.86. The largest absolute Gasteiger partial charge is 0.325 e. The number of hydrogen-bond donors (Lipinski definition) is 3. The minimum absolute atomic E-state index is 0.0284. The molecule has 0 aliphatic rings. The molecule has 0 spiro atoms. The van der Waals surface area contributed by atoms with Crippen LogP contribution >= 0.6 is 23.4 Å². The second-order valence-corrected chi connectivity index (χ2v) is 6.46. The molecule has 0 atom stereocenters. The Morgan fingerprint density at radius 3 is 2.60 bits per heavy atom. The van der Waals surface area contributed by atoms with E-state index in [0.29, 0.717) is 10.7 Å². The molecule has 10 heteroatoms. The van der Waals surface area contributed by atoms with Crippen molar-refractivity contribution in [1.29, 1.82) is 0 Å². The summed E-state index contributed by atoms with van der Waals surface area (Å²) in [5.74, 6) is -0.244. The number of rotatable bonds is 4. The highest BCUT2D eigenvalue weighted by atomic mass is 35.5. The van der Waals surface area contributed by atoms with E-state index in [-0.39, 0.29) is 33.7 Å². The van der Waals surface area contributed by atoms with Crippen molar-refractivity contribution >= 4 is 46.1 Å². The lowest BCUT2D eigenvalue weighted by Gasteiger charge is -2.05. The number of fused-ring (bicyclic) bond motifs is 1. The van der Waals surface area contributed by atoms with Gasteiger partial charge in [-0.15, -0.1) is 0 Å². The molecule has 8 nitrogen and oxygen atoms in total. The van der Waals surface area contributed by atoms with E-state index in [9.17, 15) is 14.4 Å². The lowest BCUT2D eigenvalue weighted by Crippen LogP contribution is -2.20. The van der Waals surface area contributed by atoms with Crippen molar-refractivity contribution in [2.75, 3.05) is 11.1 Å². The van der Waals surface area contributed by atoms with Crippen LogP contribution in [0.1, 0.15) is 5.69 Å². The highest BCUT2D eigenvalue weighted by Gasteiger charge is 2.10. The zero-order chi connectivity index (χ0) is 18.0. The minimum atomic E-state index is -0.482. The van der Waals surface area contributed by atoms with Crippen LogP contribution in [0, 0.1) is 6.92 Å². The third-order valence-corrected chi connectivity index (χ3v) is 4.31. The highest BCUT2D eigenvalue weighted by molar-refractivity contribution is 7.99. The van der Waals surface area contributed by atoms with E-state index in [2.05, 4.69) is 25.3 Å². The maximum atomic E-state index is 12.0. The third-order valence-electron chi connectivity index (χ3n) is 3.18. The predicted octanol–water partition coefficient (Wildman–Crippen LogP) is 1.70. The van der Waals surface area contributed by atoms with Crippen molar-refractivity contribution in [2.24, 2.45) is 0 Å². The summed E-state index contributed by atoms with van der Waals surface area (Å²) in [6.07, 6.45) is 0. The van der Waals surface area contributed by atoms with Crippen LogP contribution in [0.25, 0.3) is 11.2 Å². The summed E-state index contributed by atoms with van der Waals surface area (Å²) >= 11 is 6.82. The number of amides is 1. The fourth-order valence-corrected chi connectivity index (χ4v) is 2.77. The van der Waals surface area contributed by atoms with Gasteiger partial charge < -0.3 is 10.3 Å². The molecule has 3 rings (SSSR count). The van der Waals surface area contributed by atoms with Gasteiger partial charge in [0, 0.05) is 10.7 Å². The Hall–Kier alpha value is -2.65. The number of carbonyl (C=O) groups is 1. The highest BCUT2D eigenvalue weighted by Crippen LogP contribution is 2.16. The van der Waals surface area contributed by atoms with Gasteiger partial charge in [-0.3, -0.25) is 19.4 Å². The number of halogens is 1. The third kappa shape index (κ3) is 4.06. The predicted molar refractivity (Wildman–Crippen MR) is 96.3 cm³/mol. The lowest BCUT2D eigenvalue weighted by molar-refractivity contribution is -0.113. The number of nitrogens with zero attached hydrogens (tertiary/aromatic N) is 2. The molecule has 0 aliphatic heterocycles. The number of carbonyl (C=O) groups excluding carboxylic acids is 1. The van der Waals surface area contributed by atoms with Crippen LogP contribution in [0.4, 0.5) is 5.69 Å². The summed E-state index contributed by atoms with van der Waals surface area (Å²) in [6.45, 7) is 1.50. The number of anilines is 1. The average molecular weight is 378 g/mol. The van der Waals surface area contributed by atoms with E-state index >= 15 is 0 Å². The second kappa shape index (κ2) is 7.08. The molecule has 0 radical (unpaired) electrons. The van der Waals surface area contributed by atoms with Crippen LogP contribution in [0.3, 0.4) is 0 Å². The number of aromatic nitrogens is 4. The number of aromatic amines is 2. The molecule has 25 heavy (non-hydrogen) atoms. The van der Waals surface area contributed by atoms with Crippen LogP contribution in [0.5, 0.6) is 0 Å².